The average molecular weight is 336 g/mol. The molecular weight excluding hydrogens is 312 g/mol. The smallest absolute Gasteiger partial charge is 0.248 e. The van der Waals surface area contributed by atoms with E-state index in [1.807, 2.05) is 41.5 Å². The molecule has 2 amide bonds. The molecule has 5 nitrogen and oxygen atoms in total. The van der Waals surface area contributed by atoms with E-state index in [0.717, 1.165) is 18.5 Å². The van der Waals surface area contributed by atoms with Crippen molar-refractivity contribution in [2.45, 2.75) is 13.0 Å². The van der Waals surface area contributed by atoms with Gasteiger partial charge in [-0.05, 0) is 18.2 Å². The van der Waals surface area contributed by atoms with Crippen molar-refractivity contribution in [1.82, 2.24) is 9.80 Å². The van der Waals surface area contributed by atoms with Crippen LogP contribution in [0.25, 0.3) is 0 Å². The molecule has 1 aliphatic heterocycles. The first-order valence-corrected chi connectivity index (χ1v) is 9.26. The maximum atomic E-state index is 12.2. The molecule has 126 valence electrons. The Balaban J connectivity index is 1.73. The molecule has 0 spiro atoms. The minimum atomic E-state index is 0.0000895. The molecule has 1 aromatic rings. The van der Waals surface area contributed by atoms with Gasteiger partial charge >= 0.3 is 0 Å². The first-order chi connectivity index (χ1) is 11.2. The van der Waals surface area contributed by atoms with Crippen LogP contribution in [-0.4, -0.2) is 66.4 Å². The number of benzene rings is 1. The lowest BCUT2D eigenvalue weighted by Crippen LogP contribution is -2.39. The van der Waals surface area contributed by atoms with Crippen molar-refractivity contribution >= 4 is 23.6 Å². The van der Waals surface area contributed by atoms with E-state index in [4.69, 9.17) is 4.74 Å². The Morgan fingerprint density at radius 3 is 2.35 bits per heavy atom. The molecule has 2 rings (SSSR count). The quantitative estimate of drug-likeness (QED) is 0.792. The molecule has 1 aromatic carbocycles. The number of rotatable bonds is 6. The Morgan fingerprint density at radius 2 is 1.70 bits per heavy atom. The number of nitrogens with zero attached hydrogens (tertiary/aromatic N) is 2. The number of hydrogen-bond acceptors (Lipinski definition) is 4. The number of ether oxygens (including phenoxy) is 1. The Labute approximate surface area is 142 Å². The summed E-state index contributed by atoms with van der Waals surface area (Å²) in [5.41, 5.74) is 1.06. The highest BCUT2D eigenvalue weighted by Gasteiger charge is 2.21. The second-order valence-corrected chi connectivity index (χ2v) is 6.39. The lowest BCUT2D eigenvalue weighted by atomic mass is 10.2. The van der Waals surface area contributed by atoms with Gasteiger partial charge in [0.2, 0.25) is 11.8 Å². The van der Waals surface area contributed by atoms with Gasteiger partial charge in [-0.2, -0.15) is 11.8 Å². The maximum absolute atomic E-state index is 12.2. The van der Waals surface area contributed by atoms with Crippen molar-refractivity contribution in [1.29, 1.82) is 0 Å². The molecule has 0 saturated carbocycles. The number of carbonyl (C=O) groups is 2. The molecule has 6 heteroatoms. The summed E-state index contributed by atoms with van der Waals surface area (Å²) < 4.78 is 5.51. The van der Waals surface area contributed by atoms with Crippen LogP contribution in [0.1, 0.15) is 12.0 Å². The Hall–Kier alpha value is -1.53. The van der Waals surface area contributed by atoms with Crippen LogP contribution in [0.4, 0.5) is 0 Å². The van der Waals surface area contributed by atoms with Crippen LogP contribution in [0.5, 0.6) is 0 Å². The monoisotopic (exact) mass is 336 g/mol. The topological polar surface area (TPSA) is 49.9 Å². The highest BCUT2D eigenvalue weighted by molar-refractivity contribution is 7.99. The van der Waals surface area contributed by atoms with E-state index in [-0.39, 0.29) is 18.4 Å². The van der Waals surface area contributed by atoms with Gasteiger partial charge in [0.15, 0.2) is 0 Å². The van der Waals surface area contributed by atoms with Crippen molar-refractivity contribution in [2.24, 2.45) is 0 Å². The zero-order chi connectivity index (χ0) is 16.5. The molecule has 1 aliphatic rings. The van der Waals surface area contributed by atoms with Gasteiger partial charge < -0.3 is 14.5 Å². The third-order valence-corrected chi connectivity index (χ3v) is 4.34. The predicted molar refractivity (Wildman–Crippen MR) is 92.3 cm³/mol. The molecule has 0 aromatic heterocycles. The lowest BCUT2D eigenvalue weighted by molar-refractivity contribution is -0.137. The van der Waals surface area contributed by atoms with E-state index in [9.17, 15) is 9.59 Å². The lowest BCUT2D eigenvalue weighted by Gasteiger charge is -2.22. The molecule has 0 atom stereocenters. The van der Waals surface area contributed by atoms with E-state index >= 15 is 0 Å². The third-order valence-electron chi connectivity index (χ3n) is 3.81. The second-order valence-electron chi connectivity index (χ2n) is 5.53. The molecular formula is C17H24N2O3S. The Kier molecular flexibility index (Phi) is 7.42. The van der Waals surface area contributed by atoms with Gasteiger partial charge in [-0.25, -0.2) is 0 Å². The second kappa shape index (κ2) is 9.57. The van der Waals surface area contributed by atoms with E-state index in [0.29, 0.717) is 32.0 Å². The fourth-order valence-corrected chi connectivity index (χ4v) is 2.98. The van der Waals surface area contributed by atoms with Crippen LogP contribution in [0.3, 0.4) is 0 Å². The van der Waals surface area contributed by atoms with E-state index in [1.54, 1.807) is 4.90 Å². The summed E-state index contributed by atoms with van der Waals surface area (Å²) in [7, 11) is 0. The van der Waals surface area contributed by atoms with Crippen molar-refractivity contribution in [2.75, 3.05) is 44.8 Å². The van der Waals surface area contributed by atoms with Gasteiger partial charge in [0.1, 0.15) is 6.61 Å². The van der Waals surface area contributed by atoms with Crippen molar-refractivity contribution in [3.8, 4) is 0 Å². The normalized spacial score (nSPS) is 15.3. The highest BCUT2D eigenvalue weighted by atomic mass is 32.2. The van der Waals surface area contributed by atoms with Gasteiger partial charge in [-0.1, -0.05) is 30.3 Å². The standard InChI is InChI=1S/C17H24N2O3S/c1-23-14-17(21)19-9-5-8-18(10-11-19)16(20)13-22-12-15-6-3-2-4-7-15/h2-4,6-7H,5,8-14H2,1H3. The van der Waals surface area contributed by atoms with E-state index in [2.05, 4.69) is 0 Å². The fraction of sp³-hybridized carbons (Fsp3) is 0.529. The van der Waals surface area contributed by atoms with Gasteiger partial charge in [0, 0.05) is 26.2 Å². The summed E-state index contributed by atoms with van der Waals surface area (Å²) in [5, 5.41) is 0. The van der Waals surface area contributed by atoms with Crippen LogP contribution < -0.4 is 0 Å². The van der Waals surface area contributed by atoms with E-state index in [1.165, 1.54) is 11.8 Å². The fourth-order valence-electron chi connectivity index (χ4n) is 2.55. The molecule has 0 bridgehead atoms. The summed E-state index contributed by atoms with van der Waals surface area (Å²) in [4.78, 5) is 27.8. The van der Waals surface area contributed by atoms with Crippen LogP contribution in [-0.2, 0) is 20.9 Å². The molecule has 1 saturated heterocycles. The van der Waals surface area contributed by atoms with Gasteiger partial charge in [-0.15, -0.1) is 0 Å². The summed E-state index contributed by atoms with van der Waals surface area (Å²) in [6.07, 6.45) is 2.75. The molecule has 0 aliphatic carbocycles. The summed E-state index contributed by atoms with van der Waals surface area (Å²) in [5.74, 6) is 0.668. The maximum Gasteiger partial charge on any atom is 0.248 e. The van der Waals surface area contributed by atoms with Crippen LogP contribution >= 0.6 is 11.8 Å². The summed E-state index contributed by atoms with van der Waals surface area (Å²) >= 11 is 1.53. The molecule has 0 N–H and O–H groups in total. The Bertz CT molecular complexity index is 510. The molecule has 0 radical (unpaired) electrons. The number of carbonyl (C=O) groups excluding carboxylic acids is 2. The first-order valence-electron chi connectivity index (χ1n) is 7.87. The van der Waals surface area contributed by atoms with Gasteiger partial charge in [0.25, 0.3) is 0 Å². The minimum absolute atomic E-state index is 0.0000895. The number of thioether (sulfide) groups is 1. The third kappa shape index (κ3) is 5.88. The molecule has 1 heterocycles. The number of amides is 2. The molecule has 0 unspecified atom stereocenters. The SMILES string of the molecule is CSCC(=O)N1CCCN(C(=O)COCc2ccccc2)CC1. The molecule has 23 heavy (non-hydrogen) atoms. The van der Waals surface area contributed by atoms with Crippen LogP contribution in [0.2, 0.25) is 0 Å². The minimum Gasteiger partial charge on any atom is -0.367 e. The van der Waals surface area contributed by atoms with E-state index < -0.39 is 0 Å². The zero-order valence-corrected chi connectivity index (χ0v) is 14.4. The van der Waals surface area contributed by atoms with Gasteiger partial charge in [-0.3, -0.25) is 9.59 Å². The first kappa shape index (κ1) is 17.8. The predicted octanol–water partition coefficient (Wildman–Crippen LogP) is 1.63. The highest BCUT2D eigenvalue weighted by Crippen LogP contribution is 2.07. The zero-order valence-electron chi connectivity index (χ0n) is 13.6. The Morgan fingerprint density at radius 1 is 1.04 bits per heavy atom. The van der Waals surface area contributed by atoms with Gasteiger partial charge in [0.05, 0.1) is 12.4 Å². The summed E-state index contributed by atoms with van der Waals surface area (Å²) in [6, 6.07) is 9.82. The van der Waals surface area contributed by atoms with Crippen molar-refractivity contribution < 1.29 is 14.3 Å². The average Bonchev–Trinajstić information content (AvgIpc) is 2.82. The summed E-state index contributed by atoms with van der Waals surface area (Å²) in [6.45, 7) is 3.16. The van der Waals surface area contributed by atoms with Crippen LogP contribution in [0.15, 0.2) is 30.3 Å². The van der Waals surface area contributed by atoms with Crippen LogP contribution in [0, 0.1) is 0 Å². The largest absolute Gasteiger partial charge is 0.367 e. The molecule has 1 fully saturated rings. The van der Waals surface area contributed by atoms with Crippen molar-refractivity contribution in [3.05, 3.63) is 35.9 Å². The number of hydrogen-bond donors (Lipinski definition) is 0. The van der Waals surface area contributed by atoms with Crippen molar-refractivity contribution in [3.63, 3.8) is 0 Å².